The van der Waals surface area contributed by atoms with Gasteiger partial charge in [-0.3, -0.25) is 0 Å². The van der Waals surface area contributed by atoms with E-state index in [0.717, 1.165) is 31.2 Å². The molecule has 1 fully saturated rings. The van der Waals surface area contributed by atoms with Crippen molar-refractivity contribution in [3.63, 3.8) is 0 Å². The summed E-state index contributed by atoms with van der Waals surface area (Å²) in [5.74, 6) is -0.270. The van der Waals surface area contributed by atoms with Crippen molar-refractivity contribution in [2.24, 2.45) is 5.92 Å². The summed E-state index contributed by atoms with van der Waals surface area (Å²) in [5, 5.41) is 5.80. The molecular weight excluding hydrogens is 304 g/mol. The second-order valence-corrected chi connectivity index (χ2v) is 6.76. The zero-order valence-electron chi connectivity index (χ0n) is 14.8. The van der Waals surface area contributed by atoms with Gasteiger partial charge >= 0.3 is 12.0 Å². The largest absolute Gasteiger partial charge is 0.467 e. The van der Waals surface area contributed by atoms with Gasteiger partial charge in [0.2, 0.25) is 0 Å². The Hall–Kier alpha value is -2.04. The number of rotatable bonds is 5. The highest BCUT2D eigenvalue weighted by atomic mass is 16.5. The van der Waals surface area contributed by atoms with Crippen molar-refractivity contribution in [2.45, 2.75) is 57.5 Å². The Kier molecular flexibility index (Phi) is 6.23. The number of ether oxygens (including phenoxy) is 1. The molecule has 2 N–H and O–H groups in total. The Labute approximate surface area is 144 Å². The Morgan fingerprint density at radius 2 is 1.79 bits per heavy atom. The van der Waals surface area contributed by atoms with E-state index in [2.05, 4.69) is 10.6 Å². The first kappa shape index (κ1) is 18.3. The van der Waals surface area contributed by atoms with Gasteiger partial charge in [-0.1, -0.05) is 49.6 Å². The van der Waals surface area contributed by atoms with E-state index in [-0.39, 0.29) is 24.0 Å². The molecule has 1 aliphatic rings. The fourth-order valence-electron chi connectivity index (χ4n) is 3.51. The number of amides is 2. The topological polar surface area (TPSA) is 67.4 Å². The third-order valence-electron chi connectivity index (χ3n) is 5.05. The molecule has 24 heavy (non-hydrogen) atoms. The second-order valence-electron chi connectivity index (χ2n) is 6.76. The monoisotopic (exact) mass is 332 g/mol. The number of urea groups is 1. The average molecular weight is 332 g/mol. The van der Waals surface area contributed by atoms with Crippen LogP contribution in [0.5, 0.6) is 0 Å². The number of hydrogen-bond acceptors (Lipinski definition) is 3. The molecule has 1 aromatic carbocycles. The summed E-state index contributed by atoms with van der Waals surface area (Å²) in [5.41, 5.74) is 0.0282. The van der Waals surface area contributed by atoms with Crippen molar-refractivity contribution in [1.29, 1.82) is 0 Å². The van der Waals surface area contributed by atoms with E-state index in [1.165, 1.54) is 13.5 Å². The molecule has 1 aliphatic carbocycles. The number of carbonyl (C=O) groups excluding carboxylic acids is 2. The average Bonchev–Trinajstić information content (AvgIpc) is 2.62. The van der Waals surface area contributed by atoms with E-state index in [4.69, 9.17) is 4.74 Å². The van der Waals surface area contributed by atoms with Gasteiger partial charge in [-0.05, 0) is 38.2 Å². The minimum atomic E-state index is -0.990. The van der Waals surface area contributed by atoms with Gasteiger partial charge in [0.1, 0.15) is 5.54 Å². The molecule has 0 bridgehead atoms. The Morgan fingerprint density at radius 3 is 2.38 bits per heavy atom. The van der Waals surface area contributed by atoms with Crippen LogP contribution >= 0.6 is 0 Å². The molecule has 2 amide bonds. The molecule has 2 rings (SSSR count). The molecule has 1 aromatic rings. The van der Waals surface area contributed by atoms with Crippen molar-refractivity contribution in [3.05, 3.63) is 35.9 Å². The van der Waals surface area contributed by atoms with Crippen LogP contribution in [0.15, 0.2) is 30.3 Å². The Balaban J connectivity index is 2.05. The molecule has 0 spiro atoms. The van der Waals surface area contributed by atoms with E-state index in [1.807, 2.05) is 37.3 Å². The number of benzene rings is 1. The van der Waals surface area contributed by atoms with E-state index in [9.17, 15) is 9.59 Å². The van der Waals surface area contributed by atoms with Gasteiger partial charge in [0.05, 0.1) is 13.2 Å². The summed E-state index contributed by atoms with van der Waals surface area (Å²) in [6.45, 7) is 3.70. The van der Waals surface area contributed by atoms with E-state index in [0.29, 0.717) is 0 Å². The number of hydrogen-bond donors (Lipinski definition) is 2. The van der Waals surface area contributed by atoms with Gasteiger partial charge in [-0.2, -0.15) is 0 Å². The lowest BCUT2D eigenvalue weighted by Crippen LogP contribution is -2.60. The molecule has 0 saturated heterocycles. The van der Waals surface area contributed by atoms with Crippen molar-refractivity contribution in [2.75, 3.05) is 7.11 Å². The van der Waals surface area contributed by atoms with Gasteiger partial charge in [0.25, 0.3) is 0 Å². The van der Waals surface area contributed by atoms with Crippen molar-refractivity contribution < 1.29 is 14.3 Å². The molecule has 132 valence electrons. The van der Waals surface area contributed by atoms with E-state index in [1.54, 1.807) is 6.92 Å². The highest BCUT2D eigenvalue weighted by molar-refractivity contribution is 5.87. The van der Waals surface area contributed by atoms with Crippen LogP contribution in [0.3, 0.4) is 0 Å². The lowest BCUT2D eigenvalue weighted by Gasteiger charge is -2.38. The maximum Gasteiger partial charge on any atom is 0.331 e. The van der Waals surface area contributed by atoms with Crippen LogP contribution in [0.4, 0.5) is 4.79 Å². The summed E-state index contributed by atoms with van der Waals surface area (Å²) in [6, 6.07) is 9.26. The quantitative estimate of drug-likeness (QED) is 0.810. The lowest BCUT2D eigenvalue weighted by atomic mass is 9.75. The van der Waals surface area contributed by atoms with Crippen LogP contribution in [-0.4, -0.2) is 24.6 Å². The summed E-state index contributed by atoms with van der Waals surface area (Å²) < 4.78 is 4.98. The maximum absolute atomic E-state index is 12.5. The summed E-state index contributed by atoms with van der Waals surface area (Å²) in [6.07, 6.45) is 5.22. The van der Waals surface area contributed by atoms with Crippen LogP contribution in [0, 0.1) is 5.92 Å². The number of nitrogens with one attached hydrogen (secondary N) is 2. The van der Waals surface area contributed by atoms with Crippen LogP contribution < -0.4 is 10.6 Å². The molecule has 0 aliphatic heterocycles. The molecular formula is C19H28N2O3. The van der Waals surface area contributed by atoms with Crippen molar-refractivity contribution >= 4 is 12.0 Å². The number of methoxy groups -OCH3 is 1. The third kappa shape index (κ3) is 4.28. The highest BCUT2D eigenvalue weighted by Crippen LogP contribution is 2.33. The summed E-state index contributed by atoms with van der Waals surface area (Å²) >= 11 is 0. The fourth-order valence-corrected chi connectivity index (χ4v) is 3.51. The number of carbonyl (C=O) groups is 2. The third-order valence-corrected chi connectivity index (χ3v) is 5.05. The maximum atomic E-state index is 12.5. The first-order valence-electron chi connectivity index (χ1n) is 8.69. The van der Waals surface area contributed by atoms with Crippen LogP contribution in [-0.2, 0) is 9.53 Å². The van der Waals surface area contributed by atoms with Gasteiger partial charge in [-0.25, -0.2) is 9.59 Å². The molecule has 0 heterocycles. The summed E-state index contributed by atoms with van der Waals surface area (Å²) in [4.78, 5) is 24.8. The Bertz CT molecular complexity index is 555. The van der Waals surface area contributed by atoms with E-state index < -0.39 is 5.54 Å². The highest BCUT2D eigenvalue weighted by Gasteiger charge is 2.44. The predicted octanol–water partition coefficient (Wildman–Crippen LogP) is 3.56. The summed E-state index contributed by atoms with van der Waals surface area (Å²) in [7, 11) is 1.37. The van der Waals surface area contributed by atoms with Gasteiger partial charge in [0.15, 0.2) is 0 Å². The van der Waals surface area contributed by atoms with Gasteiger partial charge < -0.3 is 15.4 Å². The normalized spacial score (nSPS) is 19.0. The molecule has 5 heteroatoms. The van der Waals surface area contributed by atoms with Crippen molar-refractivity contribution in [3.8, 4) is 0 Å². The molecule has 1 saturated carbocycles. The first-order chi connectivity index (χ1) is 11.5. The zero-order chi connectivity index (χ0) is 17.6. The standard InChI is InChI=1S/C19H28N2O3/c1-14(15-10-6-4-7-11-15)20-18(23)21-19(2,17(22)24-3)16-12-8-5-9-13-16/h4,6-7,10-11,14,16H,5,8-9,12-13H2,1-3H3,(H2,20,21,23)/t14-,19+/m1/s1. The van der Waals surface area contributed by atoms with Crippen molar-refractivity contribution in [1.82, 2.24) is 10.6 Å². The van der Waals surface area contributed by atoms with Crippen LogP contribution in [0.25, 0.3) is 0 Å². The Morgan fingerprint density at radius 1 is 1.17 bits per heavy atom. The minimum Gasteiger partial charge on any atom is -0.467 e. The minimum absolute atomic E-state index is 0.108. The molecule has 2 atom stereocenters. The second kappa shape index (κ2) is 8.18. The zero-order valence-corrected chi connectivity index (χ0v) is 14.8. The molecule has 0 radical (unpaired) electrons. The predicted molar refractivity (Wildman–Crippen MR) is 93.5 cm³/mol. The molecule has 0 aromatic heterocycles. The van der Waals surface area contributed by atoms with Gasteiger partial charge in [0, 0.05) is 0 Å². The van der Waals surface area contributed by atoms with Gasteiger partial charge in [-0.15, -0.1) is 0 Å². The van der Waals surface area contributed by atoms with Crippen LogP contribution in [0.1, 0.15) is 57.6 Å². The van der Waals surface area contributed by atoms with Crippen LogP contribution in [0.2, 0.25) is 0 Å². The first-order valence-corrected chi connectivity index (χ1v) is 8.69. The fraction of sp³-hybridized carbons (Fsp3) is 0.579. The number of esters is 1. The van der Waals surface area contributed by atoms with E-state index >= 15 is 0 Å². The molecule has 0 unspecified atom stereocenters. The molecule has 5 nitrogen and oxygen atoms in total. The lowest BCUT2D eigenvalue weighted by molar-refractivity contribution is -0.150. The SMILES string of the molecule is COC(=O)[C@@](C)(NC(=O)N[C@H](C)c1ccccc1)C1CCCCC1. The smallest absolute Gasteiger partial charge is 0.331 e.